The standard InChI is InChI=1S/C26H47N3O5/c1-8-10-12-14-21(30)29-22(18(5)6)25(33)27-19(13-11-9-2)24(32)28-20(15-17(3)4)23(31)26(7)16-34-26/h17-20,22H,8-16H2,1-7H3,(H,27,33)(H,28,32)(H,29,30). The van der Waals surface area contributed by atoms with Gasteiger partial charge in [-0.15, -0.1) is 0 Å². The van der Waals surface area contributed by atoms with Gasteiger partial charge in [0, 0.05) is 6.42 Å². The molecule has 0 aliphatic carbocycles. The van der Waals surface area contributed by atoms with Crippen LogP contribution in [0, 0.1) is 11.8 Å². The largest absolute Gasteiger partial charge is 0.361 e. The highest BCUT2D eigenvalue weighted by atomic mass is 16.6. The summed E-state index contributed by atoms with van der Waals surface area (Å²) in [4.78, 5) is 51.6. The Morgan fingerprint density at radius 1 is 0.853 bits per heavy atom. The van der Waals surface area contributed by atoms with E-state index in [4.69, 9.17) is 4.74 Å². The molecule has 1 aliphatic heterocycles. The molecule has 4 atom stereocenters. The molecule has 34 heavy (non-hydrogen) atoms. The van der Waals surface area contributed by atoms with Crippen molar-refractivity contribution in [2.24, 2.45) is 11.8 Å². The summed E-state index contributed by atoms with van der Waals surface area (Å²) in [5.74, 6) is -0.964. The van der Waals surface area contributed by atoms with Gasteiger partial charge in [0.05, 0.1) is 12.6 Å². The highest BCUT2D eigenvalue weighted by Crippen LogP contribution is 2.29. The number of Topliss-reactive ketones (excluding diaryl/α,β-unsaturated/α-hetero) is 1. The van der Waals surface area contributed by atoms with Crippen LogP contribution in [-0.2, 0) is 23.9 Å². The van der Waals surface area contributed by atoms with Crippen molar-refractivity contribution in [2.45, 2.75) is 124 Å². The first-order valence-corrected chi connectivity index (χ1v) is 13.0. The van der Waals surface area contributed by atoms with Gasteiger partial charge in [-0.25, -0.2) is 0 Å². The van der Waals surface area contributed by atoms with E-state index in [0.29, 0.717) is 25.9 Å². The molecule has 1 saturated heterocycles. The van der Waals surface area contributed by atoms with Crippen LogP contribution in [0.4, 0.5) is 0 Å². The molecule has 0 spiro atoms. The van der Waals surface area contributed by atoms with Gasteiger partial charge in [0.25, 0.3) is 0 Å². The fourth-order valence-corrected chi connectivity index (χ4v) is 3.85. The first kappa shape index (κ1) is 30.1. The average Bonchev–Trinajstić information content (AvgIpc) is 3.51. The number of rotatable bonds is 17. The van der Waals surface area contributed by atoms with Crippen molar-refractivity contribution in [3.8, 4) is 0 Å². The van der Waals surface area contributed by atoms with Crippen molar-refractivity contribution in [3.05, 3.63) is 0 Å². The lowest BCUT2D eigenvalue weighted by Crippen LogP contribution is -2.57. The quantitative estimate of drug-likeness (QED) is 0.218. The van der Waals surface area contributed by atoms with E-state index in [1.54, 1.807) is 6.92 Å². The minimum Gasteiger partial charge on any atom is -0.361 e. The molecule has 0 saturated carbocycles. The Hall–Kier alpha value is -1.96. The van der Waals surface area contributed by atoms with Crippen molar-refractivity contribution in [1.29, 1.82) is 0 Å². The van der Waals surface area contributed by atoms with Crippen molar-refractivity contribution in [3.63, 3.8) is 0 Å². The van der Waals surface area contributed by atoms with Gasteiger partial charge in [0.15, 0.2) is 5.78 Å². The molecule has 1 heterocycles. The van der Waals surface area contributed by atoms with E-state index in [2.05, 4.69) is 22.9 Å². The molecule has 1 rings (SSSR count). The molecule has 1 aliphatic rings. The fourth-order valence-electron chi connectivity index (χ4n) is 3.85. The van der Waals surface area contributed by atoms with Crippen LogP contribution in [0.15, 0.2) is 0 Å². The molecule has 8 heteroatoms. The van der Waals surface area contributed by atoms with Gasteiger partial charge in [-0.1, -0.05) is 67.2 Å². The zero-order chi connectivity index (χ0) is 25.9. The van der Waals surface area contributed by atoms with Crippen LogP contribution in [0.25, 0.3) is 0 Å². The minimum absolute atomic E-state index is 0.130. The van der Waals surface area contributed by atoms with Crippen molar-refractivity contribution in [2.75, 3.05) is 6.61 Å². The number of ketones is 1. The van der Waals surface area contributed by atoms with Gasteiger partial charge < -0.3 is 20.7 Å². The number of unbranched alkanes of at least 4 members (excludes halogenated alkanes) is 3. The third-order valence-electron chi connectivity index (χ3n) is 6.19. The number of carbonyl (C=O) groups is 4. The molecule has 0 bridgehead atoms. The number of epoxide rings is 1. The summed E-state index contributed by atoms with van der Waals surface area (Å²) in [7, 11) is 0. The minimum atomic E-state index is -0.834. The third kappa shape index (κ3) is 10.1. The number of amides is 3. The van der Waals surface area contributed by atoms with Gasteiger partial charge in [0.2, 0.25) is 17.7 Å². The second kappa shape index (κ2) is 14.4. The van der Waals surface area contributed by atoms with E-state index in [-0.39, 0.29) is 35.3 Å². The molecular weight excluding hydrogens is 434 g/mol. The normalized spacial score (nSPS) is 19.9. The van der Waals surface area contributed by atoms with Crippen LogP contribution in [0.2, 0.25) is 0 Å². The monoisotopic (exact) mass is 481 g/mol. The zero-order valence-electron chi connectivity index (χ0n) is 22.3. The second-order valence-corrected chi connectivity index (χ2v) is 10.5. The molecule has 0 aromatic carbocycles. The maximum absolute atomic E-state index is 13.2. The van der Waals surface area contributed by atoms with E-state index >= 15 is 0 Å². The SMILES string of the molecule is CCCCCC(=O)NC(C(=O)NC(CCCC)C(=O)NC(CC(C)C)C(=O)C1(C)CO1)C(C)C. The van der Waals surface area contributed by atoms with Crippen LogP contribution in [0.5, 0.6) is 0 Å². The Balaban J connectivity index is 2.89. The van der Waals surface area contributed by atoms with Crippen molar-refractivity contribution >= 4 is 23.5 Å². The zero-order valence-corrected chi connectivity index (χ0v) is 22.3. The summed E-state index contributed by atoms with van der Waals surface area (Å²) in [6.07, 6.45) is 5.71. The smallest absolute Gasteiger partial charge is 0.243 e. The summed E-state index contributed by atoms with van der Waals surface area (Å²) in [6.45, 7) is 13.9. The van der Waals surface area contributed by atoms with E-state index in [1.807, 2.05) is 34.6 Å². The maximum Gasteiger partial charge on any atom is 0.243 e. The molecular formula is C26H47N3O5. The molecule has 8 nitrogen and oxygen atoms in total. The molecule has 1 fully saturated rings. The van der Waals surface area contributed by atoms with Crippen molar-refractivity contribution in [1.82, 2.24) is 16.0 Å². The summed E-state index contributed by atoms with van der Waals surface area (Å²) in [5.41, 5.74) is -0.834. The molecule has 0 aromatic heterocycles. The number of carbonyl (C=O) groups excluding carboxylic acids is 4. The van der Waals surface area contributed by atoms with Gasteiger partial charge in [0.1, 0.15) is 17.7 Å². The van der Waals surface area contributed by atoms with E-state index in [0.717, 1.165) is 32.1 Å². The first-order valence-electron chi connectivity index (χ1n) is 13.0. The highest BCUT2D eigenvalue weighted by molar-refractivity contribution is 5.98. The lowest BCUT2D eigenvalue weighted by atomic mass is 9.93. The van der Waals surface area contributed by atoms with E-state index in [1.165, 1.54) is 0 Å². The number of ether oxygens (including phenoxy) is 1. The predicted molar refractivity (Wildman–Crippen MR) is 133 cm³/mol. The Labute approximate surface area is 205 Å². The van der Waals surface area contributed by atoms with Gasteiger partial charge in [-0.05, 0) is 38.0 Å². The number of nitrogens with one attached hydrogen (secondary N) is 3. The summed E-state index contributed by atoms with van der Waals surface area (Å²) in [5, 5.41) is 8.57. The van der Waals surface area contributed by atoms with E-state index in [9.17, 15) is 19.2 Å². The van der Waals surface area contributed by atoms with Gasteiger partial charge >= 0.3 is 0 Å². The second-order valence-electron chi connectivity index (χ2n) is 10.5. The van der Waals surface area contributed by atoms with Crippen LogP contribution >= 0.6 is 0 Å². The van der Waals surface area contributed by atoms with Gasteiger partial charge in [-0.3, -0.25) is 19.2 Å². The Morgan fingerprint density at radius 2 is 1.44 bits per heavy atom. The van der Waals surface area contributed by atoms with Crippen LogP contribution in [0.1, 0.15) is 99.8 Å². The molecule has 3 amide bonds. The fraction of sp³-hybridized carbons (Fsp3) is 0.846. The Morgan fingerprint density at radius 3 is 1.94 bits per heavy atom. The number of hydrogen-bond acceptors (Lipinski definition) is 5. The van der Waals surface area contributed by atoms with Crippen molar-refractivity contribution < 1.29 is 23.9 Å². The Kier molecular flexibility index (Phi) is 12.8. The van der Waals surface area contributed by atoms with E-state index < -0.39 is 23.7 Å². The van der Waals surface area contributed by atoms with Crippen LogP contribution in [0.3, 0.4) is 0 Å². The molecule has 4 unspecified atom stereocenters. The van der Waals surface area contributed by atoms with Crippen LogP contribution in [-0.4, -0.2) is 53.8 Å². The summed E-state index contributed by atoms with van der Waals surface area (Å²) in [6, 6.07) is -2.17. The lowest BCUT2D eigenvalue weighted by molar-refractivity contribution is -0.135. The lowest BCUT2D eigenvalue weighted by Gasteiger charge is -2.27. The Bertz CT molecular complexity index is 688. The highest BCUT2D eigenvalue weighted by Gasteiger charge is 2.50. The van der Waals surface area contributed by atoms with Crippen LogP contribution < -0.4 is 16.0 Å². The number of hydrogen-bond donors (Lipinski definition) is 3. The molecule has 0 radical (unpaired) electrons. The maximum atomic E-state index is 13.2. The predicted octanol–water partition coefficient (Wildman–Crippen LogP) is 3.27. The average molecular weight is 482 g/mol. The summed E-state index contributed by atoms with van der Waals surface area (Å²) < 4.78 is 5.31. The van der Waals surface area contributed by atoms with Gasteiger partial charge in [-0.2, -0.15) is 0 Å². The molecule has 0 aromatic rings. The molecule has 3 N–H and O–H groups in total. The molecule has 196 valence electrons. The topological polar surface area (TPSA) is 117 Å². The first-order chi connectivity index (χ1) is 15.9. The summed E-state index contributed by atoms with van der Waals surface area (Å²) >= 11 is 0. The third-order valence-corrected chi connectivity index (χ3v) is 6.19.